The monoisotopic (exact) mass is 188 g/mol. The average Bonchev–Trinajstić information content (AvgIpc) is 2.05. The number of hydrazine groups is 1. The third kappa shape index (κ3) is 6.40. The van der Waals surface area contributed by atoms with E-state index in [2.05, 4.69) is 36.4 Å². The summed E-state index contributed by atoms with van der Waals surface area (Å²) in [4.78, 5) is 10.8. The Balaban J connectivity index is 3.50. The first-order valence-corrected chi connectivity index (χ1v) is 4.67. The Labute approximate surface area is 80.0 Å². The quantitative estimate of drug-likeness (QED) is 0.645. The van der Waals surface area contributed by atoms with Gasteiger partial charge in [-0.3, -0.25) is 5.43 Å². The van der Waals surface area contributed by atoms with Crippen molar-refractivity contribution in [2.75, 3.05) is 13.2 Å². The predicted octanol–water partition coefficient (Wildman–Crippen LogP) is 1.67. The Morgan fingerprint density at radius 2 is 2.00 bits per heavy atom. The molecule has 0 bridgehead atoms. The molecule has 0 aliphatic carbocycles. The Bertz CT molecular complexity index is 158. The van der Waals surface area contributed by atoms with Crippen LogP contribution in [0.15, 0.2) is 0 Å². The molecule has 0 rings (SSSR count). The summed E-state index contributed by atoms with van der Waals surface area (Å²) in [5.41, 5.74) is 5.49. The summed E-state index contributed by atoms with van der Waals surface area (Å²) in [6.45, 7) is 9.29. The molecule has 0 aromatic rings. The van der Waals surface area contributed by atoms with E-state index in [9.17, 15) is 4.79 Å². The predicted molar refractivity (Wildman–Crippen MR) is 52.2 cm³/mol. The zero-order valence-corrected chi connectivity index (χ0v) is 8.94. The van der Waals surface area contributed by atoms with E-state index in [0.29, 0.717) is 6.61 Å². The molecule has 0 aliphatic heterocycles. The third-order valence-electron chi connectivity index (χ3n) is 1.99. The van der Waals surface area contributed by atoms with Gasteiger partial charge in [0.2, 0.25) is 0 Å². The van der Waals surface area contributed by atoms with Gasteiger partial charge in [-0.05, 0) is 18.8 Å². The van der Waals surface area contributed by atoms with Crippen molar-refractivity contribution in [1.82, 2.24) is 10.9 Å². The number of nitrogens with one attached hydrogen (secondary N) is 2. The summed E-state index contributed by atoms with van der Waals surface area (Å²) in [5.74, 6) is 0. The van der Waals surface area contributed by atoms with Crippen molar-refractivity contribution < 1.29 is 9.53 Å². The maximum atomic E-state index is 10.8. The van der Waals surface area contributed by atoms with Crippen molar-refractivity contribution in [1.29, 1.82) is 0 Å². The summed E-state index contributed by atoms with van der Waals surface area (Å²) < 4.78 is 4.68. The summed E-state index contributed by atoms with van der Waals surface area (Å²) >= 11 is 0. The lowest BCUT2D eigenvalue weighted by Gasteiger charge is -2.22. The van der Waals surface area contributed by atoms with Gasteiger partial charge in [-0.1, -0.05) is 20.8 Å². The fraction of sp³-hybridized carbons (Fsp3) is 0.889. The first-order valence-electron chi connectivity index (χ1n) is 4.67. The van der Waals surface area contributed by atoms with Gasteiger partial charge in [-0.2, -0.15) is 0 Å². The van der Waals surface area contributed by atoms with E-state index in [1.54, 1.807) is 6.92 Å². The van der Waals surface area contributed by atoms with E-state index in [-0.39, 0.29) is 5.41 Å². The minimum absolute atomic E-state index is 0.194. The van der Waals surface area contributed by atoms with Gasteiger partial charge in [-0.15, -0.1) is 0 Å². The lowest BCUT2D eigenvalue weighted by molar-refractivity contribution is 0.144. The molecule has 13 heavy (non-hydrogen) atoms. The average molecular weight is 188 g/mol. The minimum atomic E-state index is -0.422. The molecule has 0 saturated carbocycles. The highest BCUT2D eigenvalue weighted by Crippen LogP contribution is 2.16. The van der Waals surface area contributed by atoms with Gasteiger partial charge in [0, 0.05) is 6.54 Å². The van der Waals surface area contributed by atoms with Gasteiger partial charge in [-0.25, -0.2) is 10.2 Å². The molecule has 0 aromatic heterocycles. The lowest BCUT2D eigenvalue weighted by Crippen LogP contribution is -2.42. The Hall–Kier alpha value is -0.770. The van der Waals surface area contributed by atoms with Crippen LogP contribution in [0.5, 0.6) is 0 Å². The van der Waals surface area contributed by atoms with Crippen LogP contribution in [0.1, 0.15) is 34.1 Å². The van der Waals surface area contributed by atoms with E-state index in [4.69, 9.17) is 0 Å². The van der Waals surface area contributed by atoms with Crippen LogP contribution < -0.4 is 10.9 Å². The van der Waals surface area contributed by atoms with Crippen LogP contribution >= 0.6 is 0 Å². The van der Waals surface area contributed by atoms with Crippen LogP contribution in [0.2, 0.25) is 0 Å². The van der Waals surface area contributed by atoms with Crippen LogP contribution in [-0.4, -0.2) is 19.2 Å². The molecule has 2 N–H and O–H groups in total. The van der Waals surface area contributed by atoms with Crippen LogP contribution in [0.3, 0.4) is 0 Å². The van der Waals surface area contributed by atoms with Gasteiger partial charge >= 0.3 is 6.09 Å². The van der Waals surface area contributed by atoms with Gasteiger partial charge < -0.3 is 4.74 Å². The van der Waals surface area contributed by atoms with E-state index in [0.717, 1.165) is 13.0 Å². The number of carbonyl (C=O) groups is 1. The molecule has 78 valence electrons. The zero-order valence-electron chi connectivity index (χ0n) is 8.94. The molecule has 0 saturated heterocycles. The first kappa shape index (κ1) is 12.2. The number of carbonyl (C=O) groups excluding carboxylic acids is 1. The van der Waals surface area contributed by atoms with Gasteiger partial charge in [0.1, 0.15) is 0 Å². The minimum Gasteiger partial charge on any atom is -0.449 e. The van der Waals surface area contributed by atoms with Crippen molar-refractivity contribution >= 4 is 6.09 Å². The number of hydrogen-bond donors (Lipinski definition) is 2. The van der Waals surface area contributed by atoms with Gasteiger partial charge in [0.15, 0.2) is 0 Å². The summed E-state index contributed by atoms with van der Waals surface area (Å²) in [7, 11) is 0. The molecule has 4 heteroatoms. The number of amides is 1. The van der Waals surface area contributed by atoms with Crippen LogP contribution in [-0.2, 0) is 4.74 Å². The molecule has 0 atom stereocenters. The zero-order chi connectivity index (χ0) is 10.3. The second-order valence-electron chi connectivity index (χ2n) is 3.72. The normalized spacial score (nSPS) is 11.1. The molecular weight excluding hydrogens is 168 g/mol. The standard InChI is InChI=1S/C9H20N2O2/c1-5-9(3,4)7-10-11-8(12)13-6-2/h10H,5-7H2,1-4H3,(H,11,12). The fourth-order valence-corrected chi connectivity index (χ4v) is 0.648. The maximum Gasteiger partial charge on any atom is 0.421 e. The summed E-state index contributed by atoms with van der Waals surface area (Å²) in [6.07, 6.45) is 0.638. The molecule has 0 radical (unpaired) electrons. The molecule has 0 spiro atoms. The smallest absolute Gasteiger partial charge is 0.421 e. The van der Waals surface area contributed by atoms with Crippen molar-refractivity contribution in [3.8, 4) is 0 Å². The highest BCUT2D eigenvalue weighted by Gasteiger charge is 2.14. The number of ether oxygens (including phenoxy) is 1. The highest BCUT2D eigenvalue weighted by atomic mass is 16.5. The van der Waals surface area contributed by atoms with Crippen LogP contribution in [0.25, 0.3) is 0 Å². The van der Waals surface area contributed by atoms with E-state index >= 15 is 0 Å². The molecule has 0 fully saturated rings. The van der Waals surface area contributed by atoms with Crippen molar-refractivity contribution in [3.05, 3.63) is 0 Å². The topological polar surface area (TPSA) is 50.4 Å². The number of hydrogen-bond acceptors (Lipinski definition) is 3. The molecule has 1 amide bonds. The molecule has 0 unspecified atom stereocenters. The highest BCUT2D eigenvalue weighted by molar-refractivity contribution is 5.66. The Morgan fingerprint density at radius 3 is 2.46 bits per heavy atom. The van der Waals surface area contributed by atoms with Crippen LogP contribution in [0.4, 0.5) is 4.79 Å². The SMILES string of the molecule is CCOC(=O)NNCC(C)(C)CC. The number of rotatable bonds is 5. The lowest BCUT2D eigenvalue weighted by atomic mass is 9.91. The molecule has 0 aromatic carbocycles. The second kappa shape index (κ2) is 5.80. The van der Waals surface area contributed by atoms with Gasteiger partial charge in [0.05, 0.1) is 6.61 Å². The van der Waals surface area contributed by atoms with E-state index in [1.165, 1.54) is 0 Å². The Morgan fingerprint density at radius 1 is 1.38 bits per heavy atom. The van der Waals surface area contributed by atoms with Crippen molar-refractivity contribution in [2.45, 2.75) is 34.1 Å². The maximum absolute atomic E-state index is 10.8. The first-order chi connectivity index (χ1) is 6.02. The largest absolute Gasteiger partial charge is 0.449 e. The van der Waals surface area contributed by atoms with Crippen molar-refractivity contribution in [2.24, 2.45) is 5.41 Å². The molecule has 0 aliphatic rings. The third-order valence-corrected chi connectivity index (χ3v) is 1.99. The summed E-state index contributed by atoms with van der Waals surface area (Å²) in [5, 5.41) is 0. The Kier molecular flexibility index (Phi) is 5.46. The molecule has 4 nitrogen and oxygen atoms in total. The molecular formula is C9H20N2O2. The van der Waals surface area contributed by atoms with Crippen molar-refractivity contribution in [3.63, 3.8) is 0 Å². The van der Waals surface area contributed by atoms with Crippen LogP contribution in [0, 0.1) is 5.41 Å². The van der Waals surface area contributed by atoms with E-state index < -0.39 is 6.09 Å². The van der Waals surface area contributed by atoms with Gasteiger partial charge in [0.25, 0.3) is 0 Å². The van der Waals surface area contributed by atoms with E-state index in [1.807, 2.05) is 0 Å². The summed E-state index contributed by atoms with van der Waals surface area (Å²) in [6, 6.07) is 0. The molecule has 0 heterocycles. The second-order valence-corrected chi connectivity index (χ2v) is 3.72. The fourth-order valence-electron chi connectivity index (χ4n) is 0.648.